The van der Waals surface area contributed by atoms with E-state index in [0.29, 0.717) is 18.8 Å². The molecule has 0 spiro atoms. The number of fused-ring (bicyclic) bond motifs is 1. The van der Waals surface area contributed by atoms with Gasteiger partial charge in [-0.2, -0.15) is 0 Å². The molecular weight excluding hydrogens is 268 g/mol. The predicted octanol–water partition coefficient (Wildman–Crippen LogP) is 1.98. The van der Waals surface area contributed by atoms with Gasteiger partial charge in [0.05, 0.1) is 12.2 Å². The average molecular weight is 282 g/mol. The van der Waals surface area contributed by atoms with Crippen LogP contribution in [0.15, 0.2) is 42.5 Å². The summed E-state index contributed by atoms with van der Waals surface area (Å²) >= 11 is 0. The van der Waals surface area contributed by atoms with Crippen molar-refractivity contribution in [3.63, 3.8) is 0 Å². The lowest BCUT2D eigenvalue weighted by molar-refractivity contribution is 0.0690. The molecule has 106 valence electrons. The number of aromatic nitrogens is 1. The smallest absolute Gasteiger partial charge is 0.354 e. The van der Waals surface area contributed by atoms with Crippen molar-refractivity contribution in [1.82, 2.24) is 9.88 Å². The fraction of sp³-hybridized carbons (Fsp3) is 0.188. The highest BCUT2D eigenvalue weighted by molar-refractivity contribution is 5.96. The van der Waals surface area contributed by atoms with Crippen molar-refractivity contribution in [2.24, 2.45) is 0 Å². The molecule has 1 aliphatic rings. The molecule has 5 heteroatoms. The number of hydrogen-bond donors (Lipinski definition) is 1. The summed E-state index contributed by atoms with van der Waals surface area (Å²) in [6, 6.07) is 12.4. The first-order valence-electron chi connectivity index (χ1n) is 6.71. The Kier molecular flexibility index (Phi) is 3.39. The van der Waals surface area contributed by atoms with Crippen molar-refractivity contribution < 1.29 is 14.7 Å². The Labute approximate surface area is 121 Å². The Balaban J connectivity index is 1.82. The van der Waals surface area contributed by atoms with Gasteiger partial charge in [0.25, 0.3) is 5.91 Å². The highest BCUT2D eigenvalue weighted by Gasteiger charge is 2.24. The summed E-state index contributed by atoms with van der Waals surface area (Å²) in [5, 5.41) is 8.95. The molecule has 0 fully saturated rings. The van der Waals surface area contributed by atoms with Gasteiger partial charge in [-0.1, -0.05) is 24.3 Å². The van der Waals surface area contributed by atoms with Crippen LogP contribution in [0.5, 0.6) is 0 Å². The average Bonchev–Trinajstić information content (AvgIpc) is 2.51. The van der Waals surface area contributed by atoms with Gasteiger partial charge in [0.15, 0.2) is 0 Å². The van der Waals surface area contributed by atoms with Gasteiger partial charge in [0.2, 0.25) is 0 Å². The van der Waals surface area contributed by atoms with Gasteiger partial charge >= 0.3 is 5.97 Å². The number of rotatable bonds is 3. The summed E-state index contributed by atoms with van der Waals surface area (Å²) in [5.41, 5.74) is 2.36. The molecule has 2 heterocycles. The number of amides is 1. The van der Waals surface area contributed by atoms with E-state index in [0.717, 1.165) is 17.5 Å². The minimum absolute atomic E-state index is 0.00245. The summed E-state index contributed by atoms with van der Waals surface area (Å²) < 4.78 is 0. The Bertz CT molecular complexity index is 712. The molecule has 1 N–H and O–H groups in total. The topological polar surface area (TPSA) is 70.5 Å². The maximum Gasteiger partial charge on any atom is 0.354 e. The molecule has 5 nitrogen and oxygen atoms in total. The summed E-state index contributed by atoms with van der Waals surface area (Å²) in [6.07, 6.45) is 0.806. The van der Waals surface area contributed by atoms with Gasteiger partial charge in [0.1, 0.15) is 5.69 Å². The first kappa shape index (κ1) is 13.3. The standard InChI is InChI=1S/C16H14N2O3/c19-15-13-6-2-1-4-11(13)8-9-18(15)10-12-5-3-7-14(17-12)16(20)21/h1-7H,8-10H2,(H,20,21). The van der Waals surface area contributed by atoms with Crippen LogP contribution in [0.2, 0.25) is 0 Å². The molecule has 0 radical (unpaired) electrons. The van der Waals surface area contributed by atoms with Crippen LogP contribution in [0.3, 0.4) is 0 Å². The monoisotopic (exact) mass is 282 g/mol. The molecule has 0 unspecified atom stereocenters. The zero-order valence-corrected chi connectivity index (χ0v) is 11.3. The van der Waals surface area contributed by atoms with Crippen LogP contribution in [-0.4, -0.2) is 33.4 Å². The molecule has 1 amide bonds. The maximum atomic E-state index is 12.4. The van der Waals surface area contributed by atoms with E-state index in [9.17, 15) is 9.59 Å². The molecule has 3 rings (SSSR count). The van der Waals surface area contributed by atoms with Crippen LogP contribution >= 0.6 is 0 Å². The zero-order valence-electron chi connectivity index (χ0n) is 11.3. The maximum absolute atomic E-state index is 12.4. The molecule has 1 aromatic carbocycles. The first-order chi connectivity index (χ1) is 10.1. The van der Waals surface area contributed by atoms with Gasteiger partial charge in [-0.15, -0.1) is 0 Å². The fourth-order valence-electron chi connectivity index (χ4n) is 2.51. The number of carbonyl (C=O) groups excluding carboxylic acids is 1. The van der Waals surface area contributed by atoms with Crippen molar-refractivity contribution >= 4 is 11.9 Å². The van der Waals surface area contributed by atoms with Crippen molar-refractivity contribution in [2.75, 3.05) is 6.54 Å². The van der Waals surface area contributed by atoms with E-state index < -0.39 is 5.97 Å². The van der Waals surface area contributed by atoms with E-state index in [1.807, 2.05) is 24.3 Å². The van der Waals surface area contributed by atoms with E-state index in [-0.39, 0.29) is 11.6 Å². The first-order valence-corrected chi connectivity index (χ1v) is 6.71. The third-order valence-corrected chi connectivity index (χ3v) is 3.56. The van der Waals surface area contributed by atoms with Crippen LogP contribution in [0.4, 0.5) is 0 Å². The molecule has 1 aromatic heterocycles. The number of carbonyl (C=O) groups is 2. The zero-order chi connectivity index (χ0) is 14.8. The number of carboxylic acids is 1. The number of pyridine rings is 1. The molecule has 0 bridgehead atoms. The van der Waals surface area contributed by atoms with Crippen LogP contribution in [0, 0.1) is 0 Å². The lowest BCUT2D eigenvalue weighted by atomic mass is 9.99. The molecule has 0 aliphatic carbocycles. The molecule has 21 heavy (non-hydrogen) atoms. The van der Waals surface area contributed by atoms with E-state index in [4.69, 9.17) is 5.11 Å². The Morgan fingerprint density at radius 1 is 1.19 bits per heavy atom. The predicted molar refractivity (Wildman–Crippen MR) is 76.1 cm³/mol. The minimum Gasteiger partial charge on any atom is -0.477 e. The lowest BCUT2D eigenvalue weighted by Gasteiger charge is -2.28. The van der Waals surface area contributed by atoms with Gasteiger partial charge in [-0.05, 0) is 30.2 Å². The SMILES string of the molecule is O=C(O)c1cccc(CN2CCc3ccccc3C2=O)n1. The number of carboxylic acid groups (broad SMARTS) is 1. The summed E-state index contributed by atoms with van der Waals surface area (Å²) in [4.78, 5) is 29.1. The van der Waals surface area contributed by atoms with E-state index in [1.54, 1.807) is 17.0 Å². The van der Waals surface area contributed by atoms with Crippen LogP contribution in [-0.2, 0) is 13.0 Å². The molecular formula is C16H14N2O3. The lowest BCUT2D eigenvalue weighted by Crippen LogP contribution is -2.37. The van der Waals surface area contributed by atoms with Gasteiger partial charge in [-0.3, -0.25) is 4.79 Å². The second-order valence-electron chi connectivity index (χ2n) is 4.95. The number of aromatic carboxylic acids is 1. The fourth-order valence-corrected chi connectivity index (χ4v) is 2.51. The number of hydrogen-bond acceptors (Lipinski definition) is 3. The largest absolute Gasteiger partial charge is 0.477 e. The molecule has 0 atom stereocenters. The molecule has 2 aromatic rings. The summed E-state index contributed by atoms with van der Waals surface area (Å²) in [6.45, 7) is 0.948. The molecule has 0 saturated heterocycles. The molecule has 1 aliphatic heterocycles. The number of benzene rings is 1. The van der Waals surface area contributed by atoms with E-state index in [1.165, 1.54) is 6.07 Å². The van der Waals surface area contributed by atoms with Crippen molar-refractivity contribution in [2.45, 2.75) is 13.0 Å². The summed E-state index contributed by atoms with van der Waals surface area (Å²) in [7, 11) is 0. The van der Waals surface area contributed by atoms with Gasteiger partial charge in [0, 0.05) is 12.1 Å². The third-order valence-electron chi connectivity index (χ3n) is 3.56. The minimum atomic E-state index is -1.06. The number of nitrogens with zero attached hydrogens (tertiary/aromatic N) is 2. The van der Waals surface area contributed by atoms with Crippen LogP contribution in [0.25, 0.3) is 0 Å². The second-order valence-corrected chi connectivity index (χ2v) is 4.95. The van der Waals surface area contributed by atoms with Crippen LogP contribution < -0.4 is 0 Å². The highest BCUT2D eigenvalue weighted by Crippen LogP contribution is 2.20. The second kappa shape index (κ2) is 5.36. The Morgan fingerprint density at radius 3 is 2.81 bits per heavy atom. The third kappa shape index (κ3) is 2.63. The van der Waals surface area contributed by atoms with E-state index >= 15 is 0 Å². The van der Waals surface area contributed by atoms with Crippen molar-refractivity contribution in [3.05, 3.63) is 65.0 Å². The quantitative estimate of drug-likeness (QED) is 0.934. The van der Waals surface area contributed by atoms with Crippen LogP contribution in [0.1, 0.15) is 32.1 Å². The van der Waals surface area contributed by atoms with Gasteiger partial charge in [-0.25, -0.2) is 9.78 Å². The Morgan fingerprint density at radius 2 is 2.00 bits per heavy atom. The Hall–Kier alpha value is -2.69. The highest BCUT2D eigenvalue weighted by atomic mass is 16.4. The van der Waals surface area contributed by atoms with E-state index in [2.05, 4.69) is 4.98 Å². The normalized spacial score (nSPS) is 13.9. The van der Waals surface area contributed by atoms with Crippen molar-refractivity contribution in [1.29, 1.82) is 0 Å². The molecule has 0 saturated carbocycles. The summed E-state index contributed by atoms with van der Waals surface area (Å²) in [5.74, 6) is -1.09. The van der Waals surface area contributed by atoms with Gasteiger partial charge < -0.3 is 10.0 Å². The van der Waals surface area contributed by atoms with Crippen molar-refractivity contribution in [3.8, 4) is 0 Å².